The molecule has 170 valence electrons. The fourth-order valence-electron chi connectivity index (χ4n) is 5.11. The molecule has 0 radical (unpaired) electrons. The Balaban J connectivity index is 0.00000114. The zero-order chi connectivity index (χ0) is 21.3. The van der Waals surface area contributed by atoms with Crippen LogP contribution in [0.3, 0.4) is 0 Å². The molecule has 0 N–H and O–H groups in total. The normalized spacial score (nSPS) is 10.4. The Morgan fingerprint density at radius 3 is 1.17 bits per heavy atom. The van der Waals surface area contributed by atoms with Crippen molar-refractivity contribution in [3.05, 3.63) is 132 Å². The largest absolute Gasteiger partial charge is 4.00 e. The van der Waals surface area contributed by atoms with E-state index in [0.717, 1.165) is 12.8 Å². The number of rotatable bonds is 5. The minimum atomic E-state index is 0. The number of hydrogen-bond donors (Lipinski definition) is 0. The van der Waals surface area contributed by atoms with Crippen molar-refractivity contribution in [2.24, 2.45) is 0 Å². The van der Waals surface area contributed by atoms with Crippen molar-refractivity contribution < 1.29 is 51.0 Å². The van der Waals surface area contributed by atoms with Crippen LogP contribution in [0.5, 0.6) is 0 Å². The first-order valence-corrected chi connectivity index (χ1v) is 11.3. The molecular formula is C32H24Cl2Zr. The maximum Gasteiger partial charge on any atom is 4.00 e. The Morgan fingerprint density at radius 2 is 0.771 bits per heavy atom. The molecule has 6 rings (SSSR count). The molecule has 35 heavy (non-hydrogen) atoms. The van der Waals surface area contributed by atoms with Gasteiger partial charge in [-0.25, -0.2) is 0 Å². The van der Waals surface area contributed by atoms with Gasteiger partial charge in [0.1, 0.15) is 0 Å². The van der Waals surface area contributed by atoms with E-state index in [1.807, 2.05) is 0 Å². The van der Waals surface area contributed by atoms with Gasteiger partial charge in [-0.2, -0.15) is 0 Å². The molecule has 0 atom stereocenters. The third kappa shape index (κ3) is 5.24. The van der Waals surface area contributed by atoms with Crippen molar-refractivity contribution in [2.75, 3.05) is 0 Å². The van der Waals surface area contributed by atoms with E-state index in [1.54, 1.807) is 0 Å². The molecular weight excluding hydrogens is 546 g/mol. The maximum absolute atomic E-state index is 2.36. The smallest absolute Gasteiger partial charge is 1.00 e. The molecule has 0 unspecified atom stereocenters. The van der Waals surface area contributed by atoms with E-state index < -0.39 is 0 Å². The van der Waals surface area contributed by atoms with E-state index in [9.17, 15) is 0 Å². The van der Waals surface area contributed by atoms with Gasteiger partial charge in [-0.15, -0.1) is 68.1 Å². The zero-order valence-corrected chi connectivity index (χ0v) is 23.2. The van der Waals surface area contributed by atoms with Crippen molar-refractivity contribution in [1.82, 2.24) is 0 Å². The predicted molar refractivity (Wildman–Crippen MR) is 137 cm³/mol. The molecule has 0 bridgehead atoms. The number of aryl methyl sites for hydroxylation is 2. The summed E-state index contributed by atoms with van der Waals surface area (Å²) in [5.74, 6) is 0. The monoisotopic (exact) mass is 568 g/mol. The van der Waals surface area contributed by atoms with E-state index in [2.05, 4.69) is 121 Å². The first-order valence-electron chi connectivity index (χ1n) is 11.3. The number of fused-ring (bicyclic) bond motifs is 2. The predicted octanol–water partition coefficient (Wildman–Crippen LogP) is 2.56. The first kappa shape index (κ1) is 27.2. The molecule has 0 aromatic heterocycles. The van der Waals surface area contributed by atoms with Gasteiger partial charge >= 0.3 is 26.2 Å². The van der Waals surface area contributed by atoms with Crippen molar-refractivity contribution in [3.63, 3.8) is 0 Å². The molecule has 0 spiro atoms. The van der Waals surface area contributed by atoms with E-state index in [1.165, 1.54) is 54.9 Å². The quantitative estimate of drug-likeness (QED) is 0.280. The third-order valence-electron chi connectivity index (χ3n) is 6.62. The molecule has 0 amide bonds. The van der Waals surface area contributed by atoms with Gasteiger partial charge in [-0.1, -0.05) is 121 Å². The number of hydrogen-bond acceptors (Lipinski definition) is 0. The first-order chi connectivity index (χ1) is 15.9. The molecule has 3 heteroatoms. The Morgan fingerprint density at radius 1 is 0.429 bits per heavy atom. The van der Waals surface area contributed by atoms with Gasteiger partial charge in [0, 0.05) is 0 Å². The van der Waals surface area contributed by atoms with Crippen molar-refractivity contribution in [1.29, 1.82) is 0 Å². The number of halogens is 2. The Bertz CT molecular complexity index is 1390. The fourth-order valence-corrected chi connectivity index (χ4v) is 5.11. The van der Waals surface area contributed by atoms with Gasteiger partial charge in [0.2, 0.25) is 0 Å². The van der Waals surface area contributed by atoms with Crippen LogP contribution in [-0.2, 0) is 39.0 Å². The molecule has 0 aliphatic heterocycles. The molecule has 0 aliphatic carbocycles. The van der Waals surface area contributed by atoms with E-state index in [4.69, 9.17) is 0 Å². The Labute approximate surface area is 238 Å². The van der Waals surface area contributed by atoms with Gasteiger partial charge in [-0.05, 0) is 0 Å². The second kappa shape index (κ2) is 12.0. The Hall–Kier alpha value is -2.44. The van der Waals surface area contributed by atoms with Gasteiger partial charge in [-0.3, -0.25) is 0 Å². The second-order valence-electron chi connectivity index (χ2n) is 8.48. The SMILES string of the molecule is [Cl-].[Cl-].[Zr+4].c1ccc(-c2[cH-]c3ccccc3c2CCc2c(-c3ccccc3)[cH-]c3ccccc23)cc1. The minimum Gasteiger partial charge on any atom is -1.00 e. The van der Waals surface area contributed by atoms with E-state index in [-0.39, 0.29) is 51.0 Å². The zero-order valence-electron chi connectivity index (χ0n) is 19.2. The van der Waals surface area contributed by atoms with Crippen molar-refractivity contribution in [3.8, 4) is 22.3 Å². The van der Waals surface area contributed by atoms with Crippen LogP contribution >= 0.6 is 0 Å². The molecule has 0 nitrogen and oxygen atoms in total. The molecule has 0 saturated heterocycles. The summed E-state index contributed by atoms with van der Waals surface area (Å²) in [7, 11) is 0. The van der Waals surface area contributed by atoms with Crippen LogP contribution < -0.4 is 24.8 Å². The minimum absolute atomic E-state index is 0. The van der Waals surface area contributed by atoms with Crippen LogP contribution in [0.2, 0.25) is 0 Å². The van der Waals surface area contributed by atoms with Gasteiger partial charge < -0.3 is 24.8 Å². The van der Waals surface area contributed by atoms with Crippen LogP contribution in [0.25, 0.3) is 43.8 Å². The molecule has 6 aromatic carbocycles. The van der Waals surface area contributed by atoms with E-state index >= 15 is 0 Å². The van der Waals surface area contributed by atoms with Gasteiger partial charge in [0.05, 0.1) is 0 Å². The summed E-state index contributed by atoms with van der Waals surface area (Å²) >= 11 is 0. The second-order valence-corrected chi connectivity index (χ2v) is 8.48. The third-order valence-corrected chi connectivity index (χ3v) is 6.62. The molecule has 6 aromatic rings. The van der Waals surface area contributed by atoms with Crippen molar-refractivity contribution in [2.45, 2.75) is 12.8 Å². The summed E-state index contributed by atoms with van der Waals surface area (Å²) in [6.07, 6.45) is 2.04. The van der Waals surface area contributed by atoms with Crippen LogP contribution in [0.15, 0.2) is 121 Å². The molecule has 0 fully saturated rings. The summed E-state index contributed by atoms with van der Waals surface area (Å²) in [6.45, 7) is 0. The fraction of sp³-hybridized carbons (Fsp3) is 0.0625. The summed E-state index contributed by atoms with van der Waals surface area (Å²) in [4.78, 5) is 0. The number of benzene rings is 4. The molecule has 0 saturated carbocycles. The summed E-state index contributed by atoms with van der Waals surface area (Å²) in [6, 6.07) is 44.0. The average molecular weight is 571 g/mol. The van der Waals surface area contributed by atoms with Crippen LogP contribution in [0, 0.1) is 0 Å². The van der Waals surface area contributed by atoms with Crippen molar-refractivity contribution >= 4 is 21.5 Å². The summed E-state index contributed by atoms with van der Waals surface area (Å²) in [5, 5.41) is 5.42. The molecule has 0 aliphatic rings. The summed E-state index contributed by atoms with van der Waals surface area (Å²) < 4.78 is 0. The van der Waals surface area contributed by atoms with Gasteiger partial charge in [0.15, 0.2) is 0 Å². The Kier molecular flexibility index (Phi) is 9.31. The summed E-state index contributed by atoms with van der Waals surface area (Å²) in [5.41, 5.74) is 8.24. The topological polar surface area (TPSA) is 0 Å². The van der Waals surface area contributed by atoms with Crippen LogP contribution in [0.1, 0.15) is 11.1 Å². The molecule has 0 heterocycles. The van der Waals surface area contributed by atoms with Crippen LogP contribution in [0.4, 0.5) is 0 Å². The van der Waals surface area contributed by atoms with E-state index in [0.29, 0.717) is 0 Å². The van der Waals surface area contributed by atoms with Gasteiger partial charge in [0.25, 0.3) is 0 Å². The maximum atomic E-state index is 2.36. The average Bonchev–Trinajstić information content (AvgIpc) is 3.42. The van der Waals surface area contributed by atoms with Crippen LogP contribution in [-0.4, -0.2) is 0 Å². The standard InChI is InChI=1S/C32H24.2ClH.Zr/c1-3-11-23(12-4-1)31-21-25-15-7-9-17-27(25)29(31)19-20-30-28-18-10-8-16-26(28)22-32(30)24-13-5-2-6-14-24;;;/h1-18,21-22H,19-20H2;2*1H;/q-2;;;+4/p-2.